The van der Waals surface area contributed by atoms with Gasteiger partial charge in [0.25, 0.3) is 0 Å². The van der Waals surface area contributed by atoms with E-state index in [2.05, 4.69) is 11.8 Å². The molecule has 4 heteroatoms. The predicted octanol–water partition coefficient (Wildman–Crippen LogP) is 2.94. The highest BCUT2D eigenvalue weighted by Crippen LogP contribution is 2.34. The lowest BCUT2D eigenvalue weighted by Crippen LogP contribution is -2.46. The average molecular weight is 281 g/mol. The van der Waals surface area contributed by atoms with Crippen LogP contribution in [0.25, 0.3) is 11.3 Å². The van der Waals surface area contributed by atoms with Crippen LogP contribution in [0.1, 0.15) is 31.0 Å². The van der Waals surface area contributed by atoms with Crippen LogP contribution in [0.15, 0.2) is 24.3 Å². The maximum Gasteiger partial charge on any atom is 0.226 e. The molecule has 0 unspecified atom stereocenters. The summed E-state index contributed by atoms with van der Waals surface area (Å²) in [4.78, 5) is 11.9. The molecule has 0 radical (unpaired) electrons. The normalized spacial score (nSPS) is 20.2. The highest BCUT2D eigenvalue weighted by Gasteiger charge is 2.29. The van der Waals surface area contributed by atoms with E-state index in [9.17, 15) is 5.11 Å². The highest BCUT2D eigenvalue weighted by atomic mass is 16.3. The number of aromatic hydroxyl groups is 1. The fraction of sp³-hybridized carbons (Fsp3) is 0.412. The van der Waals surface area contributed by atoms with Gasteiger partial charge in [0, 0.05) is 29.4 Å². The molecule has 4 rings (SSSR count). The van der Waals surface area contributed by atoms with E-state index in [4.69, 9.17) is 9.97 Å². The van der Waals surface area contributed by atoms with Gasteiger partial charge in [-0.2, -0.15) is 0 Å². The van der Waals surface area contributed by atoms with E-state index in [1.165, 1.54) is 17.7 Å². The minimum atomic E-state index is 0.289. The maximum atomic E-state index is 9.75. The molecule has 1 fully saturated rings. The van der Waals surface area contributed by atoms with E-state index in [1.807, 2.05) is 12.1 Å². The first-order valence-electron chi connectivity index (χ1n) is 7.68. The van der Waals surface area contributed by atoms with Crippen molar-refractivity contribution in [3.05, 3.63) is 35.5 Å². The van der Waals surface area contributed by atoms with Crippen molar-refractivity contribution in [3.63, 3.8) is 0 Å². The fourth-order valence-electron chi connectivity index (χ4n) is 3.25. The molecule has 0 spiro atoms. The SMILES string of the molecule is C[C@H]1CCN1c1nc2c(c(-c3cccc(O)c3)n1)CCC2. The number of anilines is 1. The minimum Gasteiger partial charge on any atom is -0.508 e. The molecule has 21 heavy (non-hydrogen) atoms. The van der Waals surface area contributed by atoms with Crippen LogP contribution < -0.4 is 4.90 Å². The Balaban J connectivity index is 1.85. The zero-order valence-corrected chi connectivity index (χ0v) is 12.2. The zero-order valence-electron chi connectivity index (χ0n) is 12.2. The fourth-order valence-corrected chi connectivity index (χ4v) is 3.25. The Bertz CT molecular complexity index is 698. The number of rotatable bonds is 2. The summed E-state index contributed by atoms with van der Waals surface area (Å²) >= 11 is 0. The Morgan fingerprint density at radius 1 is 1.24 bits per heavy atom. The van der Waals surface area contributed by atoms with Crippen molar-refractivity contribution >= 4 is 5.95 Å². The highest BCUT2D eigenvalue weighted by molar-refractivity contribution is 5.67. The number of benzene rings is 1. The van der Waals surface area contributed by atoms with Crippen LogP contribution in [0, 0.1) is 0 Å². The van der Waals surface area contributed by atoms with E-state index >= 15 is 0 Å². The van der Waals surface area contributed by atoms with E-state index in [1.54, 1.807) is 12.1 Å². The average Bonchev–Trinajstić information content (AvgIpc) is 2.93. The summed E-state index contributed by atoms with van der Waals surface area (Å²) in [6, 6.07) is 7.92. The lowest BCUT2D eigenvalue weighted by molar-refractivity contribution is 0.470. The van der Waals surface area contributed by atoms with E-state index in [-0.39, 0.29) is 5.75 Å². The molecular formula is C17H19N3O. The van der Waals surface area contributed by atoms with Gasteiger partial charge in [0.1, 0.15) is 5.75 Å². The van der Waals surface area contributed by atoms with Gasteiger partial charge >= 0.3 is 0 Å². The van der Waals surface area contributed by atoms with Crippen LogP contribution in [0.4, 0.5) is 5.95 Å². The molecule has 1 atom stereocenters. The largest absolute Gasteiger partial charge is 0.508 e. The monoisotopic (exact) mass is 281 g/mol. The standard InChI is InChI=1S/C17H19N3O/c1-11-8-9-20(11)17-18-15-7-3-6-14(15)16(19-17)12-4-2-5-13(21)10-12/h2,4-5,10-11,21H,3,6-9H2,1H3/t11-/m0/s1. The molecule has 0 saturated carbocycles. The molecule has 1 aliphatic heterocycles. The summed E-state index contributed by atoms with van der Waals surface area (Å²) in [6.45, 7) is 3.26. The van der Waals surface area contributed by atoms with Gasteiger partial charge in [-0.25, -0.2) is 9.97 Å². The van der Waals surface area contributed by atoms with Crippen LogP contribution in [0.2, 0.25) is 0 Å². The number of phenols is 1. The van der Waals surface area contributed by atoms with Crippen molar-refractivity contribution in [1.29, 1.82) is 0 Å². The molecule has 1 saturated heterocycles. The lowest BCUT2D eigenvalue weighted by atomic mass is 10.0. The molecular weight excluding hydrogens is 262 g/mol. The predicted molar refractivity (Wildman–Crippen MR) is 82.6 cm³/mol. The first-order chi connectivity index (χ1) is 10.2. The Morgan fingerprint density at radius 3 is 2.86 bits per heavy atom. The first kappa shape index (κ1) is 12.6. The lowest BCUT2D eigenvalue weighted by Gasteiger charge is -2.39. The third-order valence-corrected chi connectivity index (χ3v) is 4.62. The van der Waals surface area contributed by atoms with Gasteiger partial charge in [-0.1, -0.05) is 12.1 Å². The van der Waals surface area contributed by atoms with Crippen LogP contribution in [-0.2, 0) is 12.8 Å². The molecule has 1 aliphatic carbocycles. The molecule has 1 aromatic heterocycles. The van der Waals surface area contributed by atoms with E-state index in [0.717, 1.165) is 43.0 Å². The Hall–Kier alpha value is -2.10. The molecule has 1 N–H and O–H groups in total. The van der Waals surface area contributed by atoms with E-state index < -0.39 is 0 Å². The molecule has 1 aromatic carbocycles. The third kappa shape index (κ3) is 2.06. The van der Waals surface area contributed by atoms with Gasteiger partial charge in [-0.05, 0) is 44.7 Å². The number of hydrogen-bond acceptors (Lipinski definition) is 4. The van der Waals surface area contributed by atoms with Crippen molar-refractivity contribution in [2.24, 2.45) is 0 Å². The van der Waals surface area contributed by atoms with Gasteiger partial charge in [-0.3, -0.25) is 0 Å². The van der Waals surface area contributed by atoms with Crippen molar-refractivity contribution in [2.75, 3.05) is 11.4 Å². The quantitative estimate of drug-likeness (QED) is 0.919. The smallest absolute Gasteiger partial charge is 0.226 e. The summed E-state index contributed by atoms with van der Waals surface area (Å²) in [7, 11) is 0. The number of nitrogens with zero attached hydrogens (tertiary/aromatic N) is 3. The summed E-state index contributed by atoms with van der Waals surface area (Å²) in [5.41, 5.74) is 4.45. The van der Waals surface area contributed by atoms with Crippen molar-refractivity contribution in [3.8, 4) is 17.0 Å². The molecule has 2 heterocycles. The second-order valence-electron chi connectivity index (χ2n) is 6.03. The van der Waals surface area contributed by atoms with Crippen molar-refractivity contribution in [2.45, 2.75) is 38.6 Å². The van der Waals surface area contributed by atoms with Crippen molar-refractivity contribution < 1.29 is 5.11 Å². The first-order valence-corrected chi connectivity index (χ1v) is 7.68. The minimum absolute atomic E-state index is 0.289. The van der Waals surface area contributed by atoms with Crippen LogP contribution >= 0.6 is 0 Å². The summed E-state index contributed by atoms with van der Waals surface area (Å²) in [5, 5.41) is 9.75. The van der Waals surface area contributed by atoms with Gasteiger partial charge in [0.05, 0.1) is 5.69 Å². The topological polar surface area (TPSA) is 49.2 Å². The van der Waals surface area contributed by atoms with Crippen LogP contribution in [-0.4, -0.2) is 27.7 Å². The molecule has 4 nitrogen and oxygen atoms in total. The van der Waals surface area contributed by atoms with Crippen molar-refractivity contribution in [1.82, 2.24) is 9.97 Å². The number of fused-ring (bicyclic) bond motifs is 1. The zero-order chi connectivity index (χ0) is 14.4. The summed E-state index contributed by atoms with van der Waals surface area (Å²) < 4.78 is 0. The van der Waals surface area contributed by atoms with Gasteiger partial charge in [0.2, 0.25) is 5.95 Å². The Morgan fingerprint density at radius 2 is 2.14 bits per heavy atom. The summed E-state index contributed by atoms with van der Waals surface area (Å²) in [5.74, 6) is 1.14. The molecule has 108 valence electrons. The molecule has 0 amide bonds. The Labute approximate surface area is 124 Å². The van der Waals surface area contributed by atoms with Crippen LogP contribution in [0.3, 0.4) is 0 Å². The molecule has 2 aliphatic rings. The van der Waals surface area contributed by atoms with Gasteiger partial charge in [0.15, 0.2) is 0 Å². The van der Waals surface area contributed by atoms with Gasteiger partial charge < -0.3 is 10.0 Å². The van der Waals surface area contributed by atoms with E-state index in [0.29, 0.717) is 6.04 Å². The second-order valence-corrected chi connectivity index (χ2v) is 6.03. The van der Waals surface area contributed by atoms with Crippen LogP contribution in [0.5, 0.6) is 5.75 Å². The number of phenolic OH excluding ortho intramolecular Hbond substituents is 1. The maximum absolute atomic E-state index is 9.75. The Kier molecular flexibility index (Phi) is 2.84. The van der Waals surface area contributed by atoms with Gasteiger partial charge in [-0.15, -0.1) is 0 Å². The summed E-state index contributed by atoms with van der Waals surface area (Å²) in [6.07, 6.45) is 4.44. The second kappa shape index (κ2) is 4.72. The molecule has 2 aromatic rings. The number of hydrogen-bond donors (Lipinski definition) is 1. The number of aromatic nitrogens is 2. The molecule has 0 bridgehead atoms. The third-order valence-electron chi connectivity index (χ3n) is 4.62. The number of aryl methyl sites for hydroxylation is 1.